The third kappa shape index (κ3) is 2.75. The first-order chi connectivity index (χ1) is 8.20. The van der Waals surface area contributed by atoms with Gasteiger partial charge in [0.15, 0.2) is 0 Å². The molecule has 0 unspecified atom stereocenters. The maximum atomic E-state index is 11.9. The van der Waals surface area contributed by atoms with E-state index in [4.69, 9.17) is 16.3 Å². The Bertz CT molecular complexity index is 542. The highest BCUT2D eigenvalue weighted by Gasteiger charge is 2.11. The van der Waals surface area contributed by atoms with Crippen LogP contribution in [-0.4, -0.2) is 18.0 Å². The van der Waals surface area contributed by atoms with E-state index in [2.05, 4.69) is 10.3 Å². The molecule has 88 valence electrons. The van der Waals surface area contributed by atoms with Gasteiger partial charge in [0, 0.05) is 6.20 Å². The number of pyridine rings is 1. The minimum Gasteiger partial charge on any atom is -0.480 e. The normalized spacial score (nSPS) is 10.0. The minimum absolute atomic E-state index is 0.229. The second kappa shape index (κ2) is 5.16. The van der Waals surface area contributed by atoms with Crippen molar-refractivity contribution in [3.8, 4) is 5.88 Å². The zero-order chi connectivity index (χ0) is 12.3. The van der Waals surface area contributed by atoms with Crippen LogP contribution in [0.15, 0.2) is 30.5 Å². The molecule has 1 N–H and O–H groups in total. The molecule has 0 fully saturated rings. The number of halogens is 1. The van der Waals surface area contributed by atoms with E-state index in [0.29, 0.717) is 20.8 Å². The maximum Gasteiger partial charge on any atom is 0.265 e. The molecule has 2 aromatic heterocycles. The minimum atomic E-state index is -0.229. The van der Waals surface area contributed by atoms with Gasteiger partial charge in [-0.25, -0.2) is 4.98 Å². The number of carbonyl (C=O) groups excluding carboxylic acids is 1. The summed E-state index contributed by atoms with van der Waals surface area (Å²) in [5.41, 5.74) is 0.532. The standard InChI is InChI=1S/C11H9ClN2O2S/c1-16-11-7(3-2-6-13-11)14-10(15)8-4-5-9(12)17-8/h2-6H,1H3,(H,14,15). The van der Waals surface area contributed by atoms with Crippen molar-refractivity contribution in [3.05, 3.63) is 39.7 Å². The Hall–Kier alpha value is -1.59. The summed E-state index contributed by atoms with van der Waals surface area (Å²) in [7, 11) is 1.50. The Morgan fingerprint density at radius 2 is 2.29 bits per heavy atom. The molecular weight excluding hydrogens is 260 g/mol. The van der Waals surface area contributed by atoms with Crippen molar-refractivity contribution in [1.82, 2.24) is 4.98 Å². The van der Waals surface area contributed by atoms with E-state index in [-0.39, 0.29) is 5.91 Å². The smallest absolute Gasteiger partial charge is 0.265 e. The lowest BCUT2D eigenvalue weighted by molar-refractivity contribution is 0.103. The number of hydrogen-bond acceptors (Lipinski definition) is 4. The second-order valence-electron chi connectivity index (χ2n) is 3.12. The van der Waals surface area contributed by atoms with Gasteiger partial charge in [0.25, 0.3) is 5.91 Å². The molecule has 4 nitrogen and oxygen atoms in total. The van der Waals surface area contributed by atoms with E-state index < -0.39 is 0 Å². The van der Waals surface area contributed by atoms with Crippen LogP contribution >= 0.6 is 22.9 Å². The molecule has 0 aromatic carbocycles. The van der Waals surface area contributed by atoms with Crippen LogP contribution in [0.2, 0.25) is 4.34 Å². The van der Waals surface area contributed by atoms with Gasteiger partial charge in [-0.15, -0.1) is 11.3 Å². The molecular formula is C11H9ClN2O2S. The van der Waals surface area contributed by atoms with E-state index in [1.807, 2.05) is 0 Å². The first-order valence-electron chi connectivity index (χ1n) is 4.76. The molecule has 0 spiro atoms. The fourth-order valence-corrected chi connectivity index (χ4v) is 2.21. The first-order valence-corrected chi connectivity index (χ1v) is 5.96. The molecule has 6 heteroatoms. The number of nitrogens with zero attached hydrogens (tertiary/aromatic N) is 1. The van der Waals surface area contributed by atoms with Gasteiger partial charge >= 0.3 is 0 Å². The molecule has 2 heterocycles. The highest BCUT2D eigenvalue weighted by atomic mass is 35.5. The number of carbonyl (C=O) groups is 1. The highest BCUT2D eigenvalue weighted by molar-refractivity contribution is 7.18. The molecule has 0 aliphatic heterocycles. The molecule has 2 aromatic rings. The van der Waals surface area contributed by atoms with E-state index in [1.54, 1.807) is 30.5 Å². The predicted octanol–water partition coefficient (Wildman–Crippen LogP) is 3.06. The first kappa shape index (κ1) is 11.9. The Kier molecular flexibility index (Phi) is 3.61. The van der Waals surface area contributed by atoms with Gasteiger partial charge in [0.05, 0.1) is 16.3 Å². The van der Waals surface area contributed by atoms with Crippen molar-refractivity contribution >= 4 is 34.5 Å². The third-order valence-corrected chi connectivity index (χ3v) is 3.24. The van der Waals surface area contributed by atoms with Gasteiger partial charge in [-0.1, -0.05) is 11.6 Å². The molecule has 2 rings (SSSR count). The summed E-state index contributed by atoms with van der Waals surface area (Å²) in [6.07, 6.45) is 1.59. The Morgan fingerprint density at radius 1 is 1.47 bits per heavy atom. The zero-order valence-corrected chi connectivity index (χ0v) is 10.5. The van der Waals surface area contributed by atoms with Crippen LogP contribution in [0.25, 0.3) is 0 Å². The summed E-state index contributed by atoms with van der Waals surface area (Å²) in [6.45, 7) is 0. The molecule has 0 atom stereocenters. The van der Waals surface area contributed by atoms with E-state index in [0.717, 1.165) is 0 Å². The van der Waals surface area contributed by atoms with Gasteiger partial charge in [-0.05, 0) is 24.3 Å². The quantitative estimate of drug-likeness (QED) is 0.931. The van der Waals surface area contributed by atoms with Crippen LogP contribution in [0.5, 0.6) is 5.88 Å². The van der Waals surface area contributed by atoms with Crippen molar-refractivity contribution in [2.75, 3.05) is 12.4 Å². The topological polar surface area (TPSA) is 51.2 Å². The number of hydrogen-bond donors (Lipinski definition) is 1. The lowest BCUT2D eigenvalue weighted by atomic mass is 10.3. The van der Waals surface area contributed by atoms with E-state index in [9.17, 15) is 4.79 Å². The summed E-state index contributed by atoms with van der Waals surface area (Å²) < 4.78 is 5.62. The summed E-state index contributed by atoms with van der Waals surface area (Å²) >= 11 is 6.99. The van der Waals surface area contributed by atoms with Gasteiger partial charge in [0.2, 0.25) is 5.88 Å². The summed E-state index contributed by atoms with van der Waals surface area (Å²) in [4.78, 5) is 16.4. The average Bonchev–Trinajstić information content (AvgIpc) is 2.77. The van der Waals surface area contributed by atoms with Gasteiger partial charge in [0.1, 0.15) is 5.69 Å². The fraction of sp³-hybridized carbons (Fsp3) is 0.0909. The van der Waals surface area contributed by atoms with Crippen molar-refractivity contribution in [3.63, 3.8) is 0 Å². The fourth-order valence-electron chi connectivity index (χ4n) is 1.27. The highest BCUT2D eigenvalue weighted by Crippen LogP contribution is 2.24. The van der Waals surface area contributed by atoms with Gasteiger partial charge in [-0.2, -0.15) is 0 Å². The summed E-state index contributed by atoms with van der Waals surface area (Å²) in [5.74, 6) is 0.150. The van der Waals surface area contributed by atoms with Crippen LogP contribution < -0.4 is 10.1 Å². The van der Waals surface area contributed by atoms with Gasteiger partial charge < -0.3 is 10.1 Å². The van der Waals surface area contributed by atoms with Crippen LogP contribution in [-0.2, 0) is 0 Å². The number of thiophene rings is 1. The number of ether oxygens (including phenoxy) is 1. The number of aromatic nitrogens is 1. The average molecular weight is 269 g/mol. The number of anilines is 1. The molecule has 0 saturated heterocycles. The number of rotatable bonds is 3. The van der Waals surface area contributed by atoms with Crippen molar-refractivity contribution < 1.29 is 9.53 Å². The lowest BCUT2D eigenvalue weighted by Crippen LogP contribution is -2.11. The number of methoxy groups -OCH3 is 1. The maximum absolute atomic E-state index is 11.9. The number of nitrogens with one attached hydrogen (secondary N) is 1. The molecule has 0 aliphatic carbocycles. The van der Waals surface area contributed by atoms with Crippen LogP contribution in [0, 0.1) is 0 Å². The number of amides is 1. The lowest BCUT2D eigenvalue weighted by Gasteiger charge is -2.07. The third-order valence-electron chi connectivity index (χ3n) is 2.01. The van der Waals surface area contributed by atoms with Gasteiger partial charge in [-0.3, -0.25) is 4.79 Å². The Labute approximate surface area is 107 Å². The Morgan fingerprint density at radius 3 is 2.94 bits per heavy atom. The van der Waals surface area contributed by atoms with Crippen molar-refractivity contribution in [1.29, 1.82) is 0 Å². The van der Waals surface area contributed by atoms with Crippen molar-refractivity contribution in [2.45, 2.75) is 0 Å². The zero-order valence-electron chi connectivity index (χ0n) is 8.94. The van der Waals surface area contributed by atoms with Crippen LogP contribution in [0.4, 0.5) is 5.69 Å². The predicted molar refractivity (Wildman–Crippen MR) is 68.1 cm³/mol. The summed E-state index contributed by atoms with van der Waals surface area (Å²) in [6, 6.07) is 6.80. The van der Waals surface area contributed by atoms with Crippen LogP contribution in [0.3, 0.4) is 0 Å². The van der Waals surface area contributed by atoms with E-state index in [1.165, 1.54) is 18.4 Å². The van der Waals surface area contributed by atoms with Crippen molar-refractivity contribution in [2.24, 2.45) is 0 Å². The molecule has 0 bridgehead atoms. The Balaban J connectivity index is 2.18. The SMILES string of the molecule is COc1ncccc1NC(=O)c1ccc(Cl)s1. The molecule has 17 heavy (non-hydrogen) atoms. The van der Waals surface area contributed by atoms with E-state index >= 15 is 0 Å². The van der Waals surface area contributed by atoms with Crippen LogP contribution in [0.1, 0.15) is 9.67 Å². The monoisotopic (exact) mass is 268 g/mol. The largest absolute Gasteiger partial charge is 0.480 e. The summed E-state index contributed by atoms with van der Waals surface area (Å²) in [5, 5.41) is 2.72. The molecule has 0 radical (unpaired) electrons. The molecule has 0 aliphatic rings. The molecule has 0 saturated carbocycles. The molecule has 1 amide bonds. The second-order valence-corrected chi connectivity index (χ2v) is 4.83.